The van der Waals surface area contributed by atoms with E-state index < -0.39 is 0 Å². The maximum atomic E-state index is 13.1. The molecule has 2 heterocycles. The molecule has 0 fully saturated rings. The number of carbonyl (C=O) groups excluding carboxylic acids is 1. The molecular formula is C14H10FN3OS3. The van der Waals surface area contributed by atoms with Crippen LogP contribution in [0.15, 0.2) is 46.1 Å². The summed E-state index contributed by atoms with van der Waals surface area (Å²) in [6.07, 6.45) is 0. The van der Waals surface area contributed by atoms with Crippen LogP contribution in [-0.4, -0.2) is 21.7 Å². The van der Waals surface area contributed by atoms with Gasteiger partial charge in [0.15, 0.2) is 10.1 Å². The summed E-state index contributed by atoms with van der Waals surface area (Å²) in [7, 11) is 0. The highest BCUT2D eigenvalue weighted by Gasteiger charge is 2.11. The fourth-order valence-corrected chi connectivity index (χ4v) is 4.06. The summed E-state index contributed by atoms with van der Waals surface area (Å²) in [6.45, 7) is 0. The first kappa shape index (κ1) is 15.1. The Kier molecular flexibility index (Phi) is 4.81. The van der Waals surface area contributed by atoms with Crippen LogP contribution in [0.4, 0.5) is 15.2 Å². The zero-order chi connectivity index (χ0) is 15.4. The number of Topliss-reactive ketones (excluding diaryl/α,β-unsaturated/α-hetero) is 1. The van der Waals surface area contributed by atoms with Gasteiger partial charge in [-0.05, 0) is 29.6 Å². The second-order valence-electron chi connectivity index (χ2n) is 4.20. The molecule has 1 aromatic carbocycles. The first-order valence-electron chi connectivity index (χ1n) is 6.26. The van der Waals surface area contributed by atoms with E-state index in [1.54, 1.807) is 12.1 Å². The van der Waals surface area contributed by atoms with E-state index >= 15 is 0 Å². The first-order valence-corrected chi connectivity index (χ1v) is 8.94. The number of nitrogens with one attached hydrogen (secondary N) is 1. The third kappa shape index (κ3) is 3.90. The van der Waals surface area contributed by atoms with Gasteiger partial charge < -0.3 is 5.32 Å². The second kappa shape index (κ2) is 6.99. The van der Waals surface area contributed by atoms with Crippen molar-refractivity contribution < 1.29 is 9.18 Å². The maximum Gasteiger partial charge on any atom is 0.210 e. The summed E-state index contributed by atoms with van der Waals surface area (Å²) in [5.41, 5.74) is 0.613. The molecule has 0 aliphatic heterocycles. The predicted molar refractivity (Wildman–Crippen MR) is 89.0 cm³/mol. The Morgan fingerprint density at radius 2 is 2.18 bits per heavy atom. The van der Waals surface area contributed by atoms with Crippen molar-refractivity contribution in [2.24, 2.45) is 0 Å². The number of hydrogen-bond acceptors (Lipinski definition) is 7. The largest absolute Gasteiger partial charge is 0.330 e. The second-order valence-corrected chi connectivity index (χ2v) is 7.35. The molecule has 3 rings (SSSR count). The molecule has 2 aromatic heterocycles. The Hall–Kier alpha value is -1.77. The third-order valence-corrected chi connectivity index (χ3v) is 5.49. The van der Waals surface area contributed by atoms with Gasteiger partial charge in [0.25, 0.3) is 0 Å². The Bertz CT molecular complexity index is 773. The Labute approximate surface area is 138 Å². The summed E-state index contributed by atoms with van der Waals surface area (Å²) < 4.78 is 13.8. The minimum absolute atomic E-state index is 0.0786. The molecule has 0 spiro atoms. The fraction of sp³-hybridized carbons (Fsp3) is 0.0714. The number of benzene rings is 1. The van der Waals surface area contributed by atoms with Crippen LogP contribution < -0.4 is 5.32 Å². The lowest BCUT2D eigenvalue weighted by Gasteiger charge is -2.00. The molecule has 0 bridgehead atoms. The highest BCUT2D eigenvalue weighted by molar-refractivity contribution is 8.01. The molecule has 0 aliphatic rings. The molecule has 0 aliphatic carbocycles. The zero-order valence-corrected chi connectivity index (χ0v) is 13.6. The van der Waals surface area contributed by atoms with Gasteiger partial charge in [0.1, 0.15) is 5.82 Å². The van der Waals surface area contributed by atoms with E-state index in [2.05, 4.69) is 15.5 Å². The van der Waals surface area contributed by atoms with Crippen LogP contribution >= 0.6 is 34.4 Å². The van der Waals surface area contributed by atoms with Gasteiger partial charge in [-0.25, -0.2) is 4.39 Å². The van der Waals surface area contributed by atoms with Crippen molar-refractivity contribution >= 4 is 51.0 Å². The molecule has 22 heavy (non-hydrogen) atoms. The number of thiophene rings is 1. The number of aromatic nitrogens is 2. The zero-order valence-electron chi connectivity index (χ0n) is 11.2. The minimum atomic E-state index is -0.314. The summed E-state index contributed by atoms with van der Waals surface area (Å²) in [5, 5.41) is 13.4. The topological polar surface area (TPSA) is 54.9 Å². The maximum absolute atomic E-state index is 13.1. The van der Waals surface area contributed by atoms with Crippen molar-refractivity contribution in [3.05, 3.63) is 52.5 Å². The predicted octanol–water partition coefficient (Wildman–Crippen LogP) is 4.46. The molecular weight excluding hydrogens is 341 g/mol. The number of thioether (sulfide) groups is 1. The lowest BCUT2D eigenvalue weighted by atomic mass is 10.3. The molecule has 8 heteroatoms. The smallest absolute Gasteiger partial charge is 0.210 e. The van der Waals surface area contributed by atoms with Crippen LogP contribution in [0.1, 0.15) is 9.67 Å². The number of anilines is 2. The monoisotopic (exact) mass is 351 g/mol. The molecule has 0 unspecified atom stereocenters. The average Bonchev–Trinajstić information content (AvgIpc) is 3.16. The van der Waals surface area contributed by atoms with Gasteiger partial charge in [0.2, 0.25) is 5.13 Å². The number of carbonyl (C=O) groups is 1. The van der Waals surface area contributed by atoms with Crippen LogP contribution in [0.3, 0.4) is 0 Å². The Morgan fingerprint density at radius 1 is 1.27 bits per heavy atom. The number of rotatable bonds is 6. The highest BCUT2D eigenvalue weighted by atomic mass is 32.2. The van der Waals surface area contributed by atoms with Gasteiger partial charge in [-0.15, -0.1) is 21.5 Å². The van der Waals surface area contributed by atoms with Crippen molar-refractivity contribution in [1.82, 2.24) is 10.2 Å². The summed E-state index contributed by atoms with van der Waals surface area (Å²) >= 11 is 4.11. The Morgan fingerprint density at radius 3 is 2.95 bits per heavy atom. The number of ketones is 1. The minimum Gasteiger partial charge on any atom is -0.330 e. The van der Waals surface area contributed by atoms with Gasteiger partial charge in [0, 0.05) is 5.69 Å². The molecule has 0 radical (unpaired) electrons. The number of halogens is 1. The molecule has 4 nitrogen and oxygen atoms in total. The quantitative estimate of drug-likeness (QED) is 0.525. The van der Waals surface area contributed by atoms with Gasteiger partial charge in [-0.1, -0.05) is 35.2 Å². The van der Waals surface area contributed by atoms with Crippen molar-refractivity contribution in [2.45, 2.75) is 4.34 Å². The van der Waals surface area contributed by atoms with Crippen LogP contribution in [-0.2, 0) is 0 Å². The summed E-state index contributed by atoms with van der Waals surface area (Å²) in [6, 6.07) is 9.79. The number of hydrogen-bond donors (Lipinski definition) is 1. The van der Waals surface area contributed by atoms with E-state index in [1.165, 1.54) is 46.6 Å². The van der Waals surface area contributed by atoms with E-state index in [9.17, 15) is 9.18 Å². The van der Waals surface area contributed by atoms with Crippen molar-refractivity contribution in [2.75, 3.05) is 11.1 Å². The first-order chi connectivity index (χ1) is 10.7. The molecule has 0 amide bonds. The molecule has 3 aromatic rings. The molecule has 0 atom stereocenters. The van der Waals surface area contributed by atoms with Crippen LogP contribution in [0.25, 0.3) is 0 Å². The van der Waals surface area contributed by atoms with Gasteiger partial charge in [-0.3, -0.25) is 4.79 Å². The lowest BCUT2D eigenvalue weighted by Crippen LogP contribution is -1.98. The highest BCUT2D eigenvalue weighted by Crippen LogP contribution is 2.28. The summed E-state index contributed by atoms with van der Waals surface area (Å²) in [5.74, 6) is 0.0928. The van der Waals surface area contributed by atoms with Crippen molar-refractivity contribution in [3.63, 3.8) is 0 Å². The van der Waals surface area contributed by atoms with Gasteiger partial charge >= 0.3 is 0 Å². The molecule has 0 saturated carbocycles. The van der Waals surface area contributed by atoms with E-state index in [0.29, 0.717) is 20.9 Å². The van der Waals surface area contributed by atoms with E-state index in [4.69, 9.17) is 0 Å². The molecule has 1 N–H and O–H groups in total. The number of nitrogens with zero attached hydrogens (tertiary/aromatic N) is 2. The Balaban J connectivity index is 1.58. The molecule has 0 saturated heterocycles. The SMILES string of the molecule is O=C(CSc1nnc(Nc2cccc(F)c2)s1)c1cccs1. The summed E-state index contributed by atoms with van der Waals surface area (Å²) in [4.78, 5) is 12.6. The molecule has 112 valence electrons. The van der Waals surface area contributed by atoms with Gasteiger partial charge in [-0.2, -0.15) is 0 Å². The average molecular weight is 351 g/mol. The van der Waals surface area contributed by atoms with E-state index in [0.717, 1.165) is 4.88 Å². The fourth-order valence-electron chi connectivity index (χ4n) is 1.64. The van der Waals surface area contributed by atoms with Gasteiger partial charge in [0.05, 0.1) is 10.6 Å². The van der Waals surface area contributed by atoms with Crippen LogP contribution in [0.5, 0.6) is 0 Å². The van der Waals surface area contributed by atoms with Crippen molar-refractivity contribution in [3.8, 4) is 0 Å². The standard InChI is InChI=1S/C14H10FN3OS3/c15-9-3-1-4-10(7-9)16-13-17-18-14(22-13)21-8-11(19)12-5-2-6-20-12/h1-7H,8H2,(H,16,17). The van der Waals surface area contributed by atoms with Crippen LogP contribution in [0.2, 0.25) is 0 Å². The third-order valence-electron chi connectivity index (χ3n) is 2.61. The van der Waals surface area contributed by atoms with E-state index in [1.807, 2.05) is 17.5 Å². The van der Waals surface area contributed by atoms with E-state index in [-0.39, 0.29) is 11.6 Å². The lowest BCUT2D eigenvalue weighted by molar-refractivity contribution is 0.102. The van der Waals surface area contributed by atoms with Crippen LogP contribution in [0, 0.1) is 5.82 Å². The van der Waals surface area contributed by atoms with Crippen molar-refractivity contribution in [1.29, 1.82) is 0 Å². The normalized spacial score (nSPS) is 10.6.